The van der Waals surface area contributed by atoms with Crippen molar-refractivity contribution in [3.05, 3.63) is 65.7 Å². The van der Waals surface area contributed by atoms with Gasteiger partial charge in [0.05, 0.1) is 0 Å². The van der Waals surface area contributed by atoms with Crippen molar-refractivity contribution < 1.29 is 14.4 Å². The van der Waals surface area contributed by atoms with Gasteiger partial charge in [-0.1, -0.05) is 48.2 Å². The lowest BCUT2D eigenvalue weighted by Crippen LogP contribution is -2.32. The predicted octanol–water partition coefficient (Wildman–Crippen LogP) is 3.82. The van der Waals surface area contributed by atoms with Gasteiger partial charge in [-0.3, -0.25) is 14.4 Å². The van der Waals surface area contributed by atoms with Gasteiger partial charge in [-0.2, -0.15) is 4.99 Å². The van der Waals surface area contributed by atoms with Gasteiger partial charge in [0.25, 0.3) is 11.8 Å². The summed E-state index contributed by atoms with van der Waals surface area (Å²) < 4.78 is 0. The van der Waals surface area contributed by atoms with Crippen LogP contribution < -0.4 is 10.6 Å². The van der Waals surface area contributed by atoms with Crippen molar-refractivity contribution >= 4 is 40.3 Å². The molecule has 0 unspecified atom stereocenters. The quantitative estimate of drug-likeness (QED) is 0.572. The number of hydrogen-bond donors (Lipinski definition) is 2. The molecule has 1 aliphatic heterocycles. The molecule has 2 aromatic carbocycles. The molecule has 8 heteroatoms. The minimum Gasteiger partial charge on any atom is -0.352 e. The van der Waals surface area contributed by atoms with Crippen LogP contribution in [-0.4, -0.2) is 52.7 Å². The Morgan fingerprint density at radius 2 is 1.82 bits per heavy atom. The van der Waals surface area contributed by atoms with E-state index in [-0.39, 0.29) is 29.6 Å². The van der Waals surface area contributed by atoms with Crippen LogP contribution in [0.3, 0.4) is 0 Å². The number of rotatable bonds is 9. The minimum atomic E-state index is -0.519. The third kappa shape index (κ3) is 5.50. The zero-order valence-corrected chi connectivity index (χ0v) is 20.4. The first-order chi connectivity index (χ1) is 16.4. The van der Waals surface area contributed by atoms with E-state index in [4.69, 9.17) is 0 Å². The molecule has 0 spiro atoms. The number of hydrogen-bond acceptors (Lipinski definition) is 5. The van der Waals surface area contributed by atoms with E-state index in [1.54, 1.807) is 24.3 Å². The van der Waals surface area contributed by atoms with Gasteiger partial charge in [-0.25, -0.2) is 0 Å². The number of carbonyl (C=O) groups excluding carboxylic acids is 3. The number of carbonyl (C=O) groups is 3. The smallest absolute Gasteiger partial charge is 0.262 e. The lowest BCUT2D eigenvalue weighted by molar-refractivity contribution is -0.121. The summed E-state index contributed by atoms with van der Waals surface area (Å²) in [6.07, 6.45) is 2.16. The molecule has 2 aromatic rings. The first kappa shape index (κ1) is 24.0. The Labute approximate surface area is 204 Å². The molecule has 1 saturated carbocycles. The lowest BCUT2D eigenvalue weighted by Gasteiger charge is -2.19. The molecule has 0 bridgehead atoms. The van der Waals surface area contributed by atoms with Gasteiger partial charge in [0.1, 0.15) is 5.25 Å². The van der Waals surface area contributed by atoms with Gasteiger partial charge in [0, 0.05) is 42.7 Å². The zero-order valence-electron chi connectivity index (χ0n) is 19.5. The number of anilines is 1. The van der Waals surface area contributed by atoms with E-state index >= 15 is 0 Å². The van der Waals surface area contributed by atoms with Gasteiger partial charge < -0.3 is 15.5 Å². The summed E-state index contributed by atoms with van der Waals surface area (Å²) in [5.41, 5.74) is 2.30. The van der Waals surface area contributed by atoms with E-state index in [0.717, 1.165) is 25.9 Å². The molecule has 3 amide bonds. The highest BCUT2D eigenvalue weighted by atomic mass is 32.2. The zero-order chi connectivity index (χ0) is 24.1. The molecule has 7 nitrogen and oxygen atoms in total. The van der Waals surface area contributed by atoms with Crippen LogP contribution in [0.2, 0.25) is 0 Å². The van der Waals surface area contributed by atoms with Crippen LogP contribution in [-0.2, 0) is 15.0 Å². The Hall–Kier alpha value is -3.13. The Morgan fingerprint density at radius 3 is 2.50 bits per heavy atom. The summed E-state index contributed by atoms with van der Waals surface area (Å²) in [6.45, 7) is 6.12. The van der Waals surface area contributed by atoms with Crippen molar-refractivity contribution in [2.75, 3.05) is 25.0 Å². The molecule has 2 aliphatic rings. The molecule has 4 rings (SSSR count). The molecule has 1 aliphatic carbocycles. The van der Waals surface area contributed by atoms with E-state index < -0.39 is 5.25 Å². The minimum absolute atomic E-state index is 0.0281. The van der Waals surface area contributed by atoms with E-state index in [2.05, 4.69) is 27.8 Å². The largest absolute Gasteiger partial charge is 0.352 e. The number of amides is 3. The van der Waals surface area contributed by atoms with Crippen molar-refractivity contribution in [1.29, 1.82) is 0 Å². The second-order valence-corrected chi connectivity index (χ2v) is 9.84. The maximum absolute atomic E-state index is 12.8. The van der Waals surface area contributed by atoms with Crippen molar-refractivity contribution in [3.63, 3.8) is 0 Å². The fraction of sp³-hybridized carbons (Fsp3) is 0.385. The summed E-state index contributed by atoms with van der Waals surface area (Å²) in [6, 6.07) is 17.1. The first-order valence-electron chi connectivity index (χ1n) is 11.7. The van der Waals surface area contributed by atoms with Crippen molar-refractivity contribution in [2.45, 2.75) is 43.8 Å². The van der Waals surface area contributed by atoms with E-state index in [1.807, 2.05) is 36.9 Å². The number of benzene rings is 2. The van der Waals surface area contributed by atoms with Crippen molar-refractivity contribution in [1.82, 2.24) is 10.2 Å². The second-order valence-electron chi connectivity index (χ2n) is 8.67. The normalized spacial score (nSPS) is 18.2. The fourth-order valence-corrected chi connectivity index (χ4v) is 5.31. The van der Waals surface area contributed by atoms with Gasteiger partial charge >= 0.3 is 0 Å². The predicted molar refractivity (Wildman–Crippen MR) is 136 cm³/mol. The lowest BCUT2D eigenvalue weighted by atomic mass is 9.96. The molecule has 0 radical (unpaired) electrons. The summed E-state index contributed by atoms with van der Waals surface area (Å²) in [7, 11) is 0. The van der Waals surface area contributed by atoms with Crippen molar-refractivity contribution in [3.8, 4) is 0 Å². The summed E-state index contributed by atoms with van der Waals surface area (Å²) in [5, 5.41) is 6.03. The van der Waals surface area contributed by atoms with Gasteiger partial charge in [-0.05, 0) is 50.5 Å². The van der Waals surface area contributed by atoms with Crippen LogP contribution in [0.5, 0.6) is 0 Å². The topological polar surface area (TPSA) is 90.9 Å². The summed E-state index contributed by atoms with van der Waals surface area (Å²) >= 11 is 1.34. The van der Waals surface area contributed by atoms with Gasteiger partial charge in [0.2, 0.25) is 5.91 Å². The average Bonchev–Trinajstić information content (AvgIpc) is 3.56. The fourth-order valence-electron chi connectivity index (χ4n) is 4.12. The molecule has 178 valence electrons. The Balaban J connectivity index is 1.31. The number of amidine groups is 1. The first-order valence-corrected chi connectivity index (χ1v) is 12.6. The van der Waals surface area contributed by atoms with E-state index in [1.165, 1.54) is 17.3 Å². The Kier molecular flexibility index (Phi) is 7.36. The molecule has 1 atom stereocenters. The highest BCUT2D eigenvalue weighted by molar-refractivity contribution is 8.15. The number of thioether (sulfide) groups is 1. The van der Waals surface area contributed by atoms with Crippen LogP contribution in [0.25, 0.3) is 0 Å². The SMILES string of the molecule is CCN(CC)C1=NC(=O)[C@@H](CC(=O)Nc2cccc(C(=O)NCC3(c4ccccc4)CC3)c2)S1. The van der Waals surface area contributed by atoms with Crippen LogP contribution in [0.15, 0.2) is 59.6 Å². The Bertz CT molecular complexity index is 1090. The molecular formula is C26H30N4O3S. The average molecular weight is 479 g/mol. The third-order valence-electron chi connectivity index (χ3n) is 6.37. The number of nitrogens with zero attached hydrogens (tertiary/aromatic N) is 2. The number of nitrogens with one attached hydrogen (secondary N) is 2. The molecule has 34 heavy (non-hydrogen) atoms. The van der Waals surface area contributed by atoms with Crippen molar-refractivity contribution in [2.24, 2.45) is 4.99 Å². The maximum atomic E-state index is 12.8. The maximum Gasteiger partial charge on any atom is 0.262 e. The van der Waals surface area contributed by atoms with Gasteiger partial charge in [-0.15, -0.1) is 0 Å². The van der Waals surface area contributed by atoms with E-state index in [0.29, 0.717) is 23.0 Å². The second kappa shape index (κ2) is 10.4. The van der Waals surface area contributed by atoms with Crippen LogP contribution >= 0.6 is 11.8 Å². The highest BCUT2D eigenvalue weighted by Gasteiger charge is 2.44. The van der Waals surface area contributed by atoms with Gasteiger partial charge in [0.15, 0.2) is 5.17 Å². The number of aliphatic imine (C=N–C) groups is 1. The summed E-state index contributed by atoms with van der Waals surface area (Å²) in [5.74, 6) is -0.722. The van der Waals surface area contributed by atoms with Crippen LogP contribution in [0.1, 0.15) is 49.0 Å². The Morgan fingerprint density at radius 1 is 1.09 bits per heavy atom. The van der Waals surface area contributed by atoms with Crippen LogP contribution in [0, 0.1) is 0 Å². The molecule has 0 saturated heterocycles. The molecule has 1 fully saturated rings. The highest BCUT2D eigenvalue weighted by Crippen LogP contribution is 2.47. The standard InChI is InChI=1S/C26H30N4O3S/c1-3-30(4-2)25-29-24(33)21(34-25)16-22(31)28-20-12-8-9-18(15-20)23(32)27-17-26(13-14-26)19-10-6-5-7-11-19/h5-12,15,21H,3-4,13-14,16-17H2,1-2H3,(H,27,32)(H,28,31)/t21-/m1/s1. The molecule has 1 heterocycles. The summed E-state index contributed by atoms with van der Waals surface area (Å²) in [4.78, 5) is 43.7. The van der Waals surface area contributed by atoms with Crippen LogP contribution in [0.4, 0.5) is 5.69 Å². The molecule has 0 aromatic heterocycles. The molecular weight excluding hydrogens is 448 g/mol. The monoisotopic (exact) mass is 478 g/mol. The third-order valence-corrected chi connectivity index (χ3v) is 7.58. The molecule has 2 N–H and O–H groups in total. The van der Waals surface area contributed by atoms with E-state index in [9.17, 15) is 14.4 Å².